The van der Waals surface area contributed by atoms with Crippen LogP contribution >= 0.6 is 0 Å². The molecule has 2 N–H and O–H groups in total. The van der Waals surface area contributed by atoms with Crippen LogP contribution in [0, 0.1) is 0 Å². The molecule has 6 nitrogen and oxygen atoms in total. The number of nitrogens with one attached hydrogen (secondary N) is 1. The quantitative estimate of drug-likeness (QED) is 0.725. The van der Waals surface area contributed by atoms with Crippen molar-refractivity contribution in [3.8, 4) is 0 Å². The van der Waals surface area contributed by atoms with Crippen LogP contribution in [0.1, 0.15) is 45.3 Å². The fraction of sp³-hybridized carbons (Fsp3) is 0.714. The van der Waals surface area contributed by atoms with Gasteiger partial charge in [-0.3, -0.25) is 0 Å². The molecule has 1 rings (SSSR count). The highest BCUT2D eigenvalue weighted by molar-refractivity contribution is 7.89. The number of hydrogen-bond donors (Lipinski definition) is 2. The van der Waals surface area contributed by atoms with Gasteiger partial charge >= 0.3 is 0 Å². The lowest BCUT2D eigenvalue weighted by Gasteiger charge is -2.16. The Morgan fingerprint density at radius 3 is 2.52 bits per heavy atom. The van der Waals surface area contributed by atoms with Crippen LogP contribution in [0.15, 0.2) is 17.2 Å². The van der Waals surface area contributed by atoms with Crippen LogP contribution in [0.25, 0.3) is 0 Å². The SMILES string of the molecule is CCCC(COC)NS(=O)(=O)c1cc(CO)n(C(C)C)c1. The Kier molecular flexibility index (Phi) is 6.86. The lowest BCUT2D eigenvalue weighted by atomic mass is 10.2. The molecule has 0 saturated carbocycles. The van der Waals surface area contributed by atoms with Gasteiger partial charge in [0.05, 0.1) is 18.1 Å². The van der Waals surface area contributed by atoms with Gasteiger partial charge in [-0.05, 0) is 26.3 Å². The van der Waals surface area contributed by atoms with E-state index in [4.69, 9.17) is 4.74 Å². The first kappa shape index (κ1) is 18.2. The van der Waals surface area contributed by atoms with Crippen molar-refractivity contribution in [2.45, 2.75) is 57.2 Å². The van der Waals surface area contributed by atoms with Crippen LogP contribution in [0.3, 0.4) is 0 Å². The molecule has 1 atom stereocenters. The first-order valence-electron chi connectivity index (χ1n) is 7.18. The van der Waals surface area contributed by atoms with Crippen molar-refractivity contribution >= 4 is 10.0 Å². The second-order valence-electron chi connectivity index (χ2n) is 5.39. The van der Waals surface area contributed by atoms with Gasteiger partial charge in [0.25, 0.3) is 0 Å². The Morgan fingerprint density at radius 1 is 1.43 bits per heavy atom. The standard InChI is InChI=1S/C14H26N2O4S/c1-5-6-12(10-20-4)15-21(18,19)14-7-13(9-17)16(8-14)11(2)3/h7-8,11-12,15,17H,5-6,9-10H2,1-4H3. The summed E-state index contributed by atoms with van der Waals surface area (Å²) < 4.78 is 34.4. The van der Waals surface area contributed by atoms with Crippen LogP contribution in [0.5, 0.6) is 0 Å². The maximum absolute atomic E-state index is 12.4. The van der Waals surface area contributed by atoms with Gasteiger partial charge < -0.3 is 14.4 Å². The number of hydrogen-bond acceptors (Lipinski definition) is 4. The molecule has 0 aliphatic heterocycles. The van der Waals surface area contributed by atoms with Crippen molar-refractivity contribution in [3.63, 3.8) is 0 Å². The zero-order valence-electron chi connectivity index (χ0n) is 13.2. The zero-order chi connectivity index (χ0) is 16.0. The Morgan fingerprint density at radius 2 is 2.10 bits per heavy atom. The van der Waals surface area contributed by atoms with Crippen LogP contribution in [-0.2, 0) is 21.4 Å². The second-order valence-corrected chi connectivity index (χ2v) is 7.10. The molecule has 0 amide bonds. The summed E-state index contributed by atoms with van der Waals surface area (Å²) in [6, 6.07) is 1.35. The largest absolute Gasteiger partial charge is 0.390 e. The number of aromatic nitrogens is 1. The molecule has 1 aromatic heterocycles. The molecule has 0 aliphatic rings. The number of ether oxygens (including phenoxy) is 1. The van der Waals surface area contributed by atoms with Gasteiger partial charge in [-0.25, -0.2) is 13.1 Å². The van der Waals surface area contributed by atoms with Crippen molar-refractivity contribution in [3.05, 3.63) is 18.0 Å². The van der Waals surface area contributed by atoms with E-state index in [-0.39, 0.29) is 23.6 Å². The third-order valence-corrected chi connectivity index (χ3v) is 4.75. The average molecular weight is 318 g/mol. The van der Waals surface area contributed by atoms with E-state index in [1.807, 2.05) is 20.8 Å². The maximum atomic E-state index is 12.4. The second kappa shape index (κ2) is 7.93. The van der Waals surface area contributed by atoms with E-state index < -0.39 is 10.0 Å². The smallest absolute Gasteiger partial charge is 0.242 e. The highest BCUT2D eigenvalue weighted by Gasteiger charge is 2.22. The van der Waals surface area contributed by atoms with E-state index in [1.54, 1.807) is 17.9 Å². The summed E-state index contributed by atoms with van der Waals surface area (Å²) in [5.41, 5.74) is 0.587. The summed E-state index contributed by atoms with van der Waals surface area (Å²) in [5.74, 6) is 0. The predicted octanol–water partition coefficient (Wildman–Crippen LogP) is 1.65. The molecular formula is C14H26N2O4S. The topological polar surface area (TPSA) is 80.6 Å². The number of methoxy groups -OCH3 is 1. The predicted molar refractivity (Wildman–Crippen MR) is 81.6 cm³/mol. The van der Waals surface area contributed by atoms with E-state index in [2.05, 4.69) is 4.72 Å². The summed E-state index contributed by atoms with van der Waals surface area (Å²) in [7, 11) is -2.06. The van der Waals surface area contributed by atoms with Crippen LogP contribution in [-0.4, -0.2) is 37.8 Å². The lowest BCUT2D eigenvalue weighted by Crippen LogP contribution is -2.37. The fourth-order valence-electron chi connectivity index (χ4n) is 2.26. The number of aliphatic hydroxyl groups excluding tert-OH is 1. The number of aliphatic hydroxyl groups is 1. The minimum Gasteiger partial charge on any atom is -0.390 e. The normalized spacial score (nSPS) is 13.8. The minimum atomic E-state index is -3.61. The molecule has 0 fully saturated rings. The number of rotatable bonds is 9. The minimum absolute atomic E-state index is 0.0847. The maximum Gasteiger partial charge on any atom is 0.242 e. The summed E-state index contributed by atoms with van der Waals surface area (Å²) in [6.07, 6.45) is 3.14. The third-order valence-electron chi connectivity index (χ3n) is 3.26. The molecular weight excluding hydrogens is 292 g/mol. The molecule has 1 aromatic rings. The van der Waals surface area contributed by atoms with Gasteiger partial charge in [0.1, 0.15) is 0 Å². The van der Waals surface area contributed by atoms with Crippen LogP contribution in [0.4, 0.5) is 0 Å². The highest BCUT2D eigenvalue weighted by atomic mass is 32.2. The Labute approximate surface area is 127 Å². The molecule has 0 spiro atoms. The molecule has 0 aliphatic carbocycles. The lowest BCUT2D eigenvalue weighted by molar-refractivity contribution is 0.171. The number of sulfonamides is 1. The van der Waals surface area contributed by atoms with Gasteiger partial charge in [-0.2, -0.15) is 0 Å². The molecule has 0 saturated heterocycles. The monoisotopic (exact) mass is 318 g/mol. The van der Waals surface area contributed by atoms with Gasteiger partial charge in [0, 0.05) is 31.1 Å². The Hall–Kier alpha value is -0.890. The third kappa shape index (κ3) is 4.81. The summed E-state index contributed by atoms with van der Waals surface area (Å²) in [4.78, 5) is 0.178. The first-order valence-corrected chi connectivity index (χ1v) is 8.66. The van der Waals surface area contributed by atoms with Gasteiger partial charge in [-0.1, -0.05) is 13.3 Å². The Balaban J connectivity index is 3.01. The summed E-state index contributed by atoms with van der Waals surface area (Å²) in [5, 5.41) is 9.34. The molecule has 0 radical (unpaired) electrons. The molecule has 7 heteroatoms. The summed E-state index contributed by atoms with van der Waals surface area (Å²) >= 11 is 0. The van der Waals surface area contributed by atoms with Crippen LogP contribution in [0.2, 0.25) is 0 Å². The van der Waals surface area contributed by atoms with Gasteiger partial charge in [0.15, 0.2) is 0 Å². The van der Waals surface area contributed by atoms with E-state index >= 15 is 0 Å². The summed E-state index contributed by atoms with van der Waals surface area (Å²) in [6.45, 7) is 6.02. The van der Waals surface area contributed by atoms with Crippen molar-refractivity contribution in [2.75, 3.05) is 13.7 Å². The van der Waals surface area contributed by atoms with Crippen molar-refractivity contribution in [1.29, 1.82) is 0 Å². The van der Waals surface area contributed by atoms with Gasteiger partial charge in [-0.15, -0.1) is 0 Å². The van der Waals surface area contributed by atoms with Crippen molar-refractivity contribution < 1.29 is 18.3 Å². The van der Waals surface area contributed by atoms with E-state index in [0.717, 1.165) is 6.42 Å². The van der Waals surface area contributed by atoms with E-state index in [9.17, 15) is 13.5 Å². The average Bonchev–Trinajstić information content (AvgIpc) is 2.84. The van der Waals surface area contributed by atoms with Crippen molar-refractivity contribution in [2.24, 2.45) is 0 Å². The van der Waals surface area contributed by atoms with E-state index in [1.165, 1.54) is 6.07 Å². The molecule has 1 heterocycles. The zero-order valence-corrected chi connectivity index (χ0v) is 14.0. The molecule has 1 unspecified atom stereocenters. The van der Waals surface area contributed by atoms with E-state index in [0.29, 0.717) is 18.7 Å². The fourth-order valence-corrected chi connectivity index (χ4v) is 3.57. The van der Waals surface area contributed by atoms with Crippen molar-refractivity contribution in [1.82, 2.24) is 9.29 Å². The highest BCUT2D eigenvalue weighted by Crippen LogP contribution is 2.19. The molecule has 0 bridgehead atoms. The number of nitrogens with zero attached hydrogens (tertiary/aromatic N) is 1. The van der Waals surface area contributed by atoms with Gasteiger partial charge in [0.2, 0.25) is 10.0 Å². The molecule has 21 heavy (non-hydrogen) atoms. The Bertz CT molecular complexity index is 531. The first-order chi connectivity index (χ1) is 9.85. The molecule has 0 aromatic carbocycles. The van der Waals surface area contributed by atoms with Crippen LogP contribution < -0.4 is 4.72 Å². The molecule has 122 valence electrons.